The molecule has 0 aliphatic carbocycles. The highest BCUT2D eigenvalue weighted by atomic mass is 32.1. The van der Waals surface area contributed by atoms with Crippen LogP contribution in [0.5, 0.6) is 0 Å². The fourth-order valence-electron chi connectivity index (χ4n) is 1.50. The predicted molar refractivity (Wildman–Crippen MR) is 61.6 cm³/mol. The Bertz CT molecular complexity index is 577. The summed E-state index contributed by atoms with van der Waals surface area (Å²) in [6.07, 6.45) is 3.48. The molecular weight excluding hydrogens is 208 g/mol. The molecule has 0 saturated heterocycles. The molecule has 0 amide bonds. The van der Waals surface area contributed by atoms with Gasteiger partial charge in [0.15, 0.2) is 0 Å². The van der Waals surface area contributed by atoms with E-state index < -0.39 is 0 Å². The number of H-pyrrole nitrogens is 1. The van der Waals surface area contributed by atoms with Crippen molar-refractivity contribution in [2.75, 3.05) is 5.73 Å². The monoisotopic (exact) mass is 216 g/mol. The molecule has 0 spiro atoms. The van der Waals surface area contributed by atoms with Crippen LogP contribution in [0.2, 0.25) is 0 Å². The number of rotatable bonds is 1. The van der Waals surface area contributed by atoms with Crippen molar-refractivity contribution in [2.45, 2.75) is 0 Å². The SMILES string of the molecule is Nc1sccc1-c1nc2ccncc2[nH]1. The van der Waals surface area contributed by atoms with Gasteiger partial charge in [-0.05, 0) is 17.5 Å². The number of pyridine rings is 1. The van der Waals surface area contributed by atoms with E-state index in [1.54, 1.807) is 12.4 Å². The number of nitrogens with one attached hydrogen (secondary N) is 1. The number of hydrogen-bond donors (Lipinski definition) is 2. The Labute approximate surface area is 89.8 Å². The van der Waals surface area contributed by atoms with Crippen LogP contribution in [-0.2, 0) is 0 Å². The highest BCUT2D eigenvalue weighted by molar-refractivity contribution is 7.14. The zero-order valence-electron chi connectivity index (χ0n) is 7.77. The van der Waals surface area contributed by atoms with Crippen LogP contribution in [0.1, 0.15) is 0 Å². The topological polar surface area (TPSA) is 67.6 Å². The van der Waals surface area contributed by atoms with Crippen LogP contribution in [0.3, 0.4) is 0 Å². The third kappa shape index (κ3) is 1.28. The second kappa shape index (κ2) is 3.06. The third-order valence-corrected chi connectivity index (χ3v) is 2.98. The van der Waals surface area contributed by atoms with Crippen LogP contribution in [0.4, 0.5) is 5.00 Å². The van der Waals surface area contributed by atoms with E-state index in [4.69, 9.17) is 5.73 Å². The number of thiophene rings is 1. The maximum Gasteiger partial charge on any atom is 0.141 e. The Balaban J connectivity index is 2.24. The number of nitrogen functional groups attached to an aromatic ring is 1. The summed E-state index contributed by atoms with van der Waals surface area (Å²) in [7, 11) is 0. The molecule has 0 saturated carbocycles. The molecule has 3 N–H and O–H groups in total. The lowest BCUT2D eigenvalue weighted by Gasteiger charge is -1.91. The van der Waals surface area contributed by atoms with Gasteiger partial charge < -0.3 is 10.7 Å². The van der Waals surface area contributed by atoms with E-state index in [-0.39, 0.29) is 0 Å². The number of imidazole rings is 1. The molecule has 0 atom stereocenters. The van der Waals surface area contributed by atoms with Crippen molar-refractivity contribution in [1.82, 2.24) is 15.0 Å². The van der Waals surface area contributed by atoms with E-state index in [1.165, 1.54) is 11.3 Å². The second-order valence-electron chi connectivity index (χ2n) is 3.18. The van der Waals surface area contributed by atoms with E-state index in [0.717, 1.165) is 27.4 Å². The minimum Gasteiger partial charge on any atom is -0.390 e. The standard InChI is InChI=1S/C10H8N4S/c11-9-6(2-4-15-9)10-13-7-1-3-12-5-8(7)14-10/h1-5H,11H2,(H,13,14). The molecule has 0 unspecified atom stereocenters. The summed E-state index contributed by atoms with van der Waals surface area (Å²) < 4.78 is 0. The van der Waals surface area contributed by atoms with Gasteiger partial charge in [-0.3, -0.25) is 4.98 Å². The first-order valence-electron chi connectivity index (χ1n) is 4.47. The van der Waals surface area contributed by atoms with Crippen molar-refractivity contribution < 1.29 is 0 Å². The lowest BCUT2D eigenvalue weighted by atomic mass is 10.3. The number of aromatic amines is 1. The fourth-order valence-corrected chi connectivity index (χ4v) is 2.14. The van der Waals surface area contributed by atoms with Crippen LogP contribution in [0.25, 0.3) is 22.4 Å². The summed E-state index contributed by atoms with van der Waals surface area (Å²) in [4.78, 5) is 11.7. The van der Waals surface area contributed by atoms with E-state index in [0.29, 0.717) is 0 Å². The van der Waals surface area contributed by atoms with E-state index in [9.17, 15) is 0 Å². The van der Waals surface area contributed by atoms with E-state index >= 15 is 0 Å². The van der Waals surface area contributed by atoms with Gasteiger partial charge in [0.2, 0.25) is 0 Å². The maximum absolute atomic E-state index is 5.84. The summed E-state index contributed by atoms with van der Waals surface area (Å²) in [5, 5.41) is 2.73. The van der Waals surface area contributed by atoms with Gasteiger partial charge >= 0.3 is 0 Å². The summed E-state index contributed by atoms with van der Waals surface area (Å²) in [6, 6.07) is 3.84. The number of aromatic nitrogens is 3. The summed E-state index contributed by atoms with van der Waals surface area (Å²) in [5.74, 6) is 0.803. The molecular formula is C10H8N4S. The molecule has 74 valence electrons. The lowest BCUT2D eigenvalue weighted by molar-refractivity contribution is 1.33. The average Bonchev–Trinajstić information content (AvgIpc) is 2.82. The first-order valence-corrected chi connectivity index (χ1v) is 5.35. The van der Waals surface area contributed by atoms with Crippen molar-refractivity contribution in [3.63, 3.8) is 0 Å². The Kier molecular flexibility index (Phi) is 1.72. The van der Waals surface area contributed by atoms with Crippen LogP contribution in [-0.4, -0.2) is 15.0 Å². The number of nitrogens with zero attached hydrogens (tertiary/aromatic N) is 2. The van der Waals surface area contributed by atoms with Gasteiger partial charge in [0, 0.05) is 6.20 Å². The molecule has 3 aromatic rings. The highest BCUT2D eigenvalue weighted by Crippen LogP contribution is 2.29. The molecule has 3 heterocycles. The molecule has 3 aromatic heterocycles. The largest absolute Gasteiger partial charge is 0.390 e. The van der Waals surface area contributed by atoms with Gasteiger partial charge in [-0.2, -0.15) is 0 Å². The van der Waals surface area contributed by atoms with Crippen molar-refractivity contribution >= 4 is 27.4 Å². The molecule has 0 aliphatic rings. The highest BCUT2D eigenvalue weighted by Gasteiger charge is 2.08. The van der Waals surface area contributed by atoms with E-state index in [1.807, 2.05) is 17.5 Å². The Hall–Kier alpha value is -1.88. The van der Waals surface area contributed by atoms with Crippen molar-refractivity contribution in [2.24, 2.45) is 0 Å². The first kappa shape index (κ1) is 8.43. The predicted octanol–water partition coefficient (Wildman–Crippen LogP) is 2.27. The summed E-state index contributed by atoms with van der Waals surface area (Å²) >= 11 is 1.51. The van der Waals surface area contributed by atoms with Gasteiger partial charge in [0.05, 0.1) is 27.8 Å². The molecule has 5 heteroatoms. The van der Waals surface area contributed by atoms with Gasteiger partial charge in [-0.1, -0.05) is 0 Å². The van der Waals surface area contributed by atoms with Gasteiger partial charge in [-0.15, -0.1) is 11.3 Å². The molecule has 0 fully saturated rings. The smallest absolute Gasteiger partial charge is 0.141 e. The third-order valence-electron chi connectivity index (χ3n) is 2.23. The van der Waals surface area contributed by atoms with Gasteiger partial charge in [0.1, 0.15) is 5.82 Å². The second-order valence-corrected chi connectivity index (χ2v) is 4.12. The Morgan fingerprint density at radius 1 is 1.33 bits per heavy atom. The number of anilines is 1. The molecule has 0 aliphatic heterocycles. The molecule has 0 aromatic carbocycles. The van der Waals surface area contributed by atoms with Gasteiger partial charge in [0.25, 0.3) is 0 Å². The van der Waals surface area contributed by atoms with Crippen molar-refractivity contribution in [1.29, 1.82) is 0 Å². The summed E-state index contributed by atoms with van der Waals surface area (Å²) in [5.41, 5.74) is 8.63. The fraction of sp³-hybridized carbons (Fsp3) is 0. The van der Waals surface area contributed by atoms with Crippen LogP contribution < -0.4 is 5.73 Å². The zero-order chi connectivity index (χ0) is 10.3. The Morgan fingerprint density at radius 2 is 2.27 bits per heavy atom. The average molecular weight is 216 g/mol. The minimum absolute atomic E-state index is 0.780. The zero-order valence-corrected chi connectivity index (χ0v) is 8.58. The van der Waals surface area contributed by atoms with E-state index in [2.05, 4.69) is 15.0 Å². The number of fused-ring (bicyclic) bond motifs is 1. The van der Waals surface area contributed by atoms with Crippen LogP contribution in [0, 0.1) is 0 Å². The molecule has 15 heavy (non-hydrogen) atoms. The number of hydrogen-bond acceptors (Lipinski definition) is 4. The molecule has 4 nitrogen and oxygen atoms in total. The van der Waals surface area contributed by atoms with Gasteiger partial charge in [-0.25, -0.2) is 4.98 Å². The lowest BCUT2D eigenvalue weighted by Crippen LogP contribution is -1.84. The van der Waals surface area contributed by atoms with Crippen molar-refractivity contribution in [3.8, 4) is 11.4 Å². The molecule has 0 radical (unpaired) electrons. The first-order chi connectivity index (χ1) is 7.34. The quantitative estimate of drug-likeness (QED) is 0.655. The normalized spacial score (nSPS) is 10.9. The minimum atomic E-state index is 0.780. The molecule has 3 rings (SSSR count). The maximum atomic E-state index is 5.84. The van der Waals surface area contributed by atoms with Crippen LogP contribution >= 0.6 is 11.3 Å². The van der Waals surface area contributed by atoms with Crippen LogP contribution in [0.15, 0.2) is 29.9 Å². The Morgan fingerprint density at radius 3 is 3.00 bits per heavy atom. The number of nitrogens with two attached hydrogens (primary N) is 1. The summed E-state index contributed by atoms with van der Waals surface area (Å²) in [6.45, 7) is 0. The molecule has 0 bridgehead atoms. The van der Waals surface area contributed by atoms with Crippen molar-refractivity contribution in [3.05, 3.63) is 29.9 Å².